The molecule has 1 radical (unpaired) electrons. The van der Waals surface area contributed by atoms with Crippen LogP contribution in [0.2, 0.25) is 0 Å². The molecule has 31 valence electrons. The summed E-state index contributed by atoms with van der Waals surface area (Å²) in [5, 5.41) is 7.96. The summed E-state index contributed by atoms with van der Waals surface area (Å²) in [5.74, 6) is 0. The highest BCUT2D eigenvalue weighted by Crippen LogP contribution is 1.66. The molecule has 2 N–H and O–H groups in total. The van der Waals surface area contributed by atoms with E-state index < -0.39 is 0 Å². The van der Waals surface area contributed by atoms with Crippen molar-refractivity contribution in [1.29, 1.82) is 0 Å². The van der Waals surface area contributed by atoms with E-state index in [1.807, 2.05) is 0 Å². The second-order valence-electron chi connectivity index (χ2n) is 1.08. The molecule has 0 spiro atoms. The van der Waals surface area contributed by atoms with E-state index in [0.717, 1.165) is 0 Å². The largest absolute Gasteiger partial charge is 0.395 e. The van der Waals surface area contributed by atoms with Gasteiger partial charge in [0.15, 0.2) is 0 Å². The van der Waals surface area contributed by atoms with Gasteiger partial charge in [0.2, 0.25) is 0 Å². The zero-order valence-electron chi connectivity index (χ0n) is 3.23. The first-order valence-corrected chi connectivity index (χ1v) is 1.59. The van der Waals surface area contributed by atoms with E-state index in [9.17, 15) is 0 Å². The Labute approximate surface area is 31.6 Å². The van der Waals surface area contributed by atoms with Gasteiger partial charge in [-0.15, -0.1) is 0 Å². The Morgan fingerprint density at radius 1 is 2.00 bits per heavy atom. The van der Waals surface area contributed by atoms with Crippen molar-refractivity contribution < 1.29 is 5.11 Å². The lowest BCUT2D eigenvalue weighted by Crippen LogP contribution is -2.06. The molecule has 0 fully saturated rings. The molecule has 0 unspecified atom stereocenters. The smallest absolute Gasteiger partial charge is 0.0595 e. The molecule has 0 rings (SSSR count). The molecule has 2 heteroatoms. The van der Waals surface area contributed by atoms with E-state index in [4.69, 9.17) is 10.8 Å². The first-order chi connectivity index (χ1) is 2.27. The third kappa shape index (κ3) is 3.92. The van der Waals surface area contributed by atoms with Gasteiger partial charge >= 0.3 is 0 Å². The summed E-state index contributed by atoms with van der Waals surface area (Å²) in [6.45, 7) is 1.61. The van der Waals surface area contributed by atoms with Gasteiger partial charge in [0, 0.05) is 6.04 Å². The Balaban J connectivity index is 2.54. The minimum Gasteiger partial charge on any atom is -0.395 e. The van der Waals surface area contributed by atoms with Gasteiger partial charge in [0.1, 0.15) is 0 Å². The first-order valence-electron chi connectivity index (χ1n) is 1.59. The minimum absolute atomic E-state index is 0.0278. The topological polar surface area (TPSA) is 44.0 Å². The standard InChI is InChI=1S/C3H8NO/c1-3(4)2-5/h3-5H,2H2,1H3/t3-/m1/s1. The lowest BCUT2D eigenvalue weighted by atomic mass is 10.4. The van der Waals surface area contributed by atoms with Gasteiger partial charge < -0.3 is 5.11 Å². The van der Waals surface area contributed by atoms with Crippen LogP contribution in [0.1, 0.15) is 6.92 Å². The molecule has 0 aromatic heterocycles. The normalized spacial score (nSPS) is 15.0. The number of aliphatic hydroxyl groups excluding tert-OH is 1. The lowest BCUT2D eigenvalue weighted by molar-refractivity contribution is 0.270. The zero-order valence-corrected chi connectivity index (χ0v) is 3.23. The van der Waals surface area contributed by atoms with Gasteiger partial charge in [-0.2, -0.15) is 0 Å². The van der Waals surface area contributed by atoms with Crippen LogP contribution in [0.15, 0.2) is 0 Å². The summed E-state index contributed by atoms with van der Waals surface area (Å²) in [6.07, 6.45) is 0. The van der Waals surface area contributed by atoms with E-state index in [1.54, 1.807) is 6.92 Å². The predicted molar refractivity (Wildman–Crippen MR) is 19.6 cm³/mol. The molecule has 0 aliphatic carbocycles. The third-order valence-corrected chi connectivity index (χ3v) is 0.274. The van der Waals surface area contributed by atoms with E-state index >= 15 is 0 Å². The van der Waals surface area contributed by atoms with Crippen molar-refractivity contribution in [2.75, 3.05) is 6.61 Å². The maximum Gasteiger partial charge on any atom is 0.0595 e. The predicted octanol–water partition coefficient (Wildman–Crippen LogP) is -0.350. The van der Waals surface area contributed by atoms with E-state index in [0.29, 0.717) is 0 Å². The molecule has 0 saturated carbocycles. The van der Waals surface area contributed by atoms with Gasteiger partial charge in [0.05, 0.1) is 6.61 Å². The van der Waals surface area contributed by atoms with Gasteiger partial charge in [-0.25, -0.2) is 0 Å². The van der Waals surface area contributed by atoms with Crippen molar-refractivity contribution in [3.05, 3.63) is 0 Å². The fourth-order valence-corrected chi connectivity index (χ4v) is 0. The van der Waals surface area contributed by atoms with Crippen molar-refractivity contribution in [3.8, 4) is 0 Å². The number of nitrogens with one attached hydrogen (secondary N) is 1. The highest BCUT2D eigenvalue weighted by Gasteiger charge is 1.82. The quantitative estimate of drug-likeness (QED) is 0.454. The lowest BCUT2D eigenvalue weighted by Gasteiger charge is -1.89. The SMILES string of the molecule is C[C@@H]([NH])CO. The van der Waals surface area contributed by atoms with Crippen molar-refractivity contribution in [1.82, 2.24) is 5.73 Å². The molecular weight excluding hydrogens is 66.0 g/mol. The summed E-state index contributed by atoms with van der Waals surface area (Å²) < 4.78 is 0. The van der Waals surface area contributed by atoms with Crippen LogP contribution >= 0.6 is 0 Å². The van der Waals surface area contributed by atoms with Crippen molar-refractivity contribution in [2.45, 2.75) is 13.0 Å². The zero-order chi connectivity index (χ0) is 4.28. The summed E-state index contributed by atoms with van der Waals surface area (Å²) in [4.78, 5) is 0. The van der Waals surface area contributed by atoms with E-state index in [-0.39, 0.29) is 12.6 Å². The van der Waals surface area contributed by atoms with Crippen LogP contribution in [-0.2, 0) is 0 Å². The molecule has 0 amide bonds. The highest BCUT2D eigenvalue weighted by molar-refractivity contribution is 4.42. The second-order valence-corrected chi connectivity index (χ2v) is 1.08. The van der Waals surface area contributed by atoms with Crippen molar-refractivity contribution in [3.63, 3.8) is 0 Å². The van der Waals surface area contributed by atoms with Crippen LogP contribution in [0.25, 0.3) is 0 Å². The number of hydrogen-bond donors (Lipinski definition) is 1. The molecule has 0 aliphatic rings. The third-order valence-electron chi connectivity index (χ3n) is 0.274. The van der Waals surface area contributed by atoms with Crippen LogP contribution in [0.3, 0.4) is 0 Å². The average Bonchev–Trinajstić information content (AvgIpc) is 1.38. The molecule has 0 aromatic carbocycles. The van der Waals surface area contributed by atoms with Gasteiger partial charge in [-0.05, 0) is 6.92 Å². The summed E-state index contributed by atoms with van der Waals surface area (Å²) in [6, 6.07) is -0.310. The molecule has 1 atom stereocenters. The molecule has 0 heterocycles. The van der Waals surface area contributed by atoms with E-state index in [1.165, 1.54) is 0 Å². The van der Waals surface area contributed by atoms with Crippen LogP contribution in [0, 0.1) is 0 Å². The van der Waals surface area contributed by atoms with E-state index in [2.05, 4.69) is 0 Å². The fourth-order valence-electron chi connectivity index (χ4n) is 0. The average molecular weight is 74.1 g/mol. The fraction of sp³-hybridized carbons (Fsp3) is 1.00. The van der Waals surface area contributed by atoms with Gasteiger partial charge in [-0.3, -0.25) is 5.73 Å². The molecule has 5 heavy (non-hydrogen) atoms. The second kappa shape index (κ2) is 2.18. The minimum atomic E-state index is -0.310. The molecule has 0 aromatic rings. The Morgan fingerprint density at radius 2 is 2.20 bits per heavy atom. The summed E-state index contributed by atoms with van der Waals surface area (Å²) >= 11 is 0. The number of aliphatic hydroxyl groups is 1. The van der Waals surface area contributed by atoms with Gasteiger partial charge in [-0.1, -0.05) is 0 Å². The molecular formula is C3H8NO. The van der Waals surface area contributed by atoms with Gasteiger partial charge in [0.25, 0.3) is 0 Å². The van der Waals surface area contributed by atoms with Crippen molar-refractivity contribution in [2.24, 2.45) is 0 Å². The molecule has 0 bridgehead atoms. The Kier molecular flexibility index (Phi) is 2.14. The molecule has 2 nitrogen and oxygen atoms in total. The number of hydrogen-bond acceptors (Lipinski definition) is 1. The van der Waals surface area contributed by atoms with Crippen LogP contribution in [-0.4, -0.2) is 17.8 Å². The highest BCUT2D eigenvalue weighted by atomic mass is 16.3. The molecule has 0 saturated heterocycles. The van der Waals surface area contributed by atoms with Crippen LogP contribution in [0.5, 0.6) is 0 Å². The number of rotatable bonds is 1. The maximum atomic E-state index is 7.96. The van der Waals surface area contributed by atoms with Crippen LogP contribution < -0.4 is 5.73 Å². The maximum absolute atomic E-state index is 7.96. The summed E-state index contributed by atoms with van der Waals surface area (Å²) in [7, 11) is 0. The molecule has 0 aliphatic heterocycles. The Morgan fingerprint density at radius 3 is 2.20 bits per heavy atom. The summed E-state index contributed by atoms with van der Waals surface area (Å²) in [5.41, 5.74) is 6.58. The van der Waals surface area contributed by atoms with Crippen molar-refractivity contribution >= 4 is 0 Å². The monoisotopic (exact) mass is 74.1 g/mol. The Bertz CT molecular complexity index is 20.9. The van der Waals surface area contributed by atoms with Crippen LogP contribution in [0.4, 0.5) is 0 Å². The first kappa shape index (κ1) is 4.92. The Hall–Kier alpha value is -0.0800.